The van der Waals surface area contributed by atoms with Crippen LogP contribution in [0.1, 0.15) is 17.3 Å². The number of hydrogen-bond donors (Lipinski definition) is 0. The minimum atomic E-state index is -0.323. The summed E-state index contributed by atoms with van der Waals surface area (Å²) in [6.07, 6.45) is 1.93. The van der Waals surface area contributed by atoms with Crippen molar-refractivity contribution >= 4 is 10.9 Å². The molecule has 0 aliphatic rings. The van der Waals surface area contributed by atoms with Crippen molar-refractivity contribution in [2.24, 2.45) is 7.05 Å². The Bertz CT molecular complexity index is 1170. The van der Waals surface area contributed by atoms with E-state index < -0.39 is 0 Å². The van der Waals surface area contributed by atoms with Crippen molar-refractivity contribution in [1.82, 2.24) is 19.5 Å². The molecule has 126 valence electrons. The van der Waals surface area contributed by atoms with E-state index in [4.69, 9.17) is 0 Å². The zero-order chi connectivity index (χ0) is 18.1. The van der Waals surface area contributed by atoms with Crippen molar-refractivity contribution in [3.8, 4) is 23.1 Å². The summed E-state index contributed by atoms with van der Waals surface area (Å²) >= 11 is 0. The quantitative estimate of drug-likeness (QED) is 0.493. The Morgan fingerprint density at radius 3 is 2.54 bits per heavy atom. The van der Waals surface area contributed by atoms with Gasteiger partial charge in [-0.3, -0.25) is 0 Å². The molecule has 0 aliphatic carbocycles. The molecule has 0 fully saturated rings. The number of halogens is 1. The van der Waals surface area contributed by atoms with Gasteiger partial charge in [-0.1, -0.05) is 36.4 Å². The van der Waals surface area contributed by atoms with Crippen molar-refractivity contribution in [2.45, 2.75) is 6.92 Å². The van der Waals surface area contributed by atoms with E-state index >= 15 is 0 Å². The van der Waals surface area contributed by atoms with Crippen LogP contribution in [-0.2, 0) is 7.05 Å². The average molecular weight is 342 g/mol. The average Bonchev–Trinajstić information content (AvgIpc) is 3.01. The molecule has 0 radical (unpaired) electrons. The topological polar surface area (TPSA) is 43.6 Å². The highest BCUT2D eigenvalue weighted by Crippen LogP contribution is 2.19. The number of hydrogen-bond acceptors (Lipinski definition) is 3. The fraction of sp³-hybridized carbons (Fsp3) is 0.0952. The van der Waals surface area contributed by atoms with Crippen LogP contribution in [0.15, 0.2) is 54.7 Å². The summed E-state index contributed by atoms with van der Waals surface area (Å²) in [5.41, 5.74) is 3.01. The number of aromatic nitrogens is 4. The van der Waals surface area contributed by atoms with Gasteiger partial charge in [0.25, 0.3) is 0 Å². The minimum Gasteiger partial charge on any atom is -0.327 e. The molecule has 0 saturated carbocycles. The number of fused-ring (bicyclic) bond motifs is 1. The summed E-state index contributed by atoms with van der Waals surface area (Å²) < 4.78 is 15.8. The number of aryl methyl sites for hydroxylation is 2. The zero-order valence-corrected chi connectivity index (χ0v) is 14.4. The van der Waals surface area contributed by atoms with E-state index in [2.05, 4.69) is 26.8 Å². The Hall–Kier alpha value is -3.52. The van der Waals surface area contributed by atoms with Gasteiger partial charge in [0.1, 0.15) is 5.82 Å². The van der Waals surface area contributed by atoms with Crippen LogP contribution in [-0.4, -0.2) is 19.5 Å². The van der Waals surface area contributed by atoms with E-state index in [1.165, 1.54) is 6.07 Å². The second kappa shape index (κ2) is 6.41. The first-order valence-electron chi connectivity index (χ1n) is 8.15. The monoisotopic (exact) mass is 342 g/mol. The summed E-state index contributed by atoms with van der Waals surface area (Å²) in [5, 5.41) is 0.432. The second-order valence-electron chi connectivity index (χ2n) is 5.94. The molecule has 2 aromatic carbocycles. The molecule has 4 aromatic rings. The molecule has 5 heteroatoms. The Balaban J connectivity index is 1.73. The lowest BCUT2D eigenvalue weighted by atomic mass is 10.2. The van der Waals surface area contributed by atoms with Crippen LogP contribution >= 0.6 is 0 Å². The van der Waals surface area contributed by atoms with Crippen LogP contribution in [0.5, 0.6) is 0 Å². The summed E-state index contributed by atoms with van der Waals surface area (Å²) in [6.45, 7) is 1.76. The summed E-state index contributed by atoms with van der Waals surface area (Å²) in [5.74, 6) is 6.59. The van der Waals surface area contributed by atoms with Gasteiger partial charge in [-0.2, -0.15) is 0 Å². The zero-order valence-electron chi connectivity index (χ0n) is 14.4. The lowest BCUT2D eigenvalue weighted by molar-refractivity contribution is 0.638. The smallest absolute Gasteiger partial charge is 0.206 e. The molecule has 4 nitrogen and oxygen atoms in total. The van der Waals surface area contributed by atoms with E-state index in [1.807, 2.05) is 48.1 Å². The van der Waals surface area contributed by atoms with Gasteiger partial charge in [0, 0.05) is 18.8 Å². The second-order valence-corrected chi connectivity index (χ2v) is 5.94. The van der Waals surface area contributed by atoms with Gasteiger partial charge in [-0.05, 0) is 30.9 Å². The highest BCUT2D eigenvalue weighted by molar-refractivity contribution is 5.81. The molecule has 4 rings (SSSR count). The molecule has 2 aromatic heterocycles. The van der Waals surface area contributed by atoms with Crippen LogP contribution in [0.25, 0.3) is 22.2 Å². The molecule has 0 saturated heterocycles. The van der Waals surface area contributed by atoms with E-state index in [0.29, 0.717) is 28.2 Å². The largest absolute Gasteiger partial charge is 0.327 e. The minimum absolute atomic E-state index is 0.323. The molecule has 0 atom stereocenters. The molecular weight excluding hydrogens is 327 g/mol. The van der Waals surface area contributed by atoms with Gasteiger partial charge in [0.05, 0.1) is 22.3 Å². The van der Waals surface area contributed by atoms with Crippen molar-refractivity contribution in [3.63, 3.8) is 0 Å². The summed E-state index contributed by atoms with van der Waals surface area (Å²) in [7, 11) is 1.89. The van der Waals surface area contributed by atoms with Crippen LogP contribution in [0.2, 0.25) is 0 Å². The number of imidazole rings is 1. The highest BCUT2D eigenvalue weighted by atomic mass is 19.1. The first-order valence-corrected chi connectivity index (χ1v) is 8.15. The lowest BCUT2D eigenvalue weighted by Gasteiger charge is -2.02. The third-order valence-electron chi connectivity index (χ3n) is 4.09. The Kier molecular flexibility index (Phi) is 3.94. The van der Waals surface area contributed by atoms with Crippen LogP contribution in [0.3, 0.4) is 0 Å². The third-order valence-corrected chi connectivity index (χ3v) is 4.09. The van der Waals surface area contributed by atoms with Crippen molar-refractivity contribution in [1.29, 1.82) is 0 Å². The Labute approximate surface area is 150 Å². The van der Waals surface area contributed by atoms with Crippen molar-refractivity contribution in [2.75, 3.05) is 0 Å². The first kappa shape index (κ1) is 16.0. The fourth-order valence-electron chi connectivity index (χ4n) is 2.82. The number of rotatable bonds is 1. The molecule has 0 aliphatic heterocycles. The fourth-order valence-corrected chi connectivity index (χ4v) is 2.82. The molecule has 0 N–H and O–H groups in total. The van der Waals surface area contributed by atoms with Gasteiger partial charge in [0.2, 0.25) is 5.82 Å². The molecular formula is C21H15FN4. The molecule has 0 bridgehead atoms. The first-order chi connectivity index (χ1) is 12.6. The van der Waals surface area contributed by atoms with Crippen LogP contribution < -0.4 is 0 Å². The lowest BCUT2D eigenvalue weighted by Crippen LogP contribution is -1.97. The van der Waals surface area contributed by atoms with Gasteiger partial charge in [-0.15, -0.1) is 0 Å². The van der Waals surface area contributed by atoms with E-state index in [-0.39, 0.29) is 5.82 Å². The standard InChI is InChI=1S/C21H15FN4/c1-14-21-16(22)9-6-10-17(21)24-19(23-14)11-12-20-25-18(13-26(20)2)15-7-4-3-5-8-15/h3-10,13H,1-2H3. The molecule has 0 amide bonds. The van der Waals surface area contributed by atoms with Crippen LogP contribution in [0, 0.1) is 24.6 Å². The highest BCUT2D eigenvalue weighted by Gasteiger charge is 2.08. The van der Waals surface area contributed by atoms with E-state index in [1.54, 1.807) is 19.1 Å². The van der Waals surface area contributed by atoms with Gasteiger partial charge in [0.15, 0.2) is 5.82 Å². The van der Waals surface area contributed by atoms with Crippen molar-refractivity contribution in [3.05, 3.63) is 77.9 Å². The number of nitrogens with zero attached hydrogens (tertiary/aromatic N) is 4. The van der Waals surface area contributed by atoms with Gasteiger partial charge in [-0.25, -0.2) is 19.3 Å². The molecule has 0 unspecified atom stereocenters. The maximum atomic E-state index is 13.9. The van der Waals surface area contributed by atoms with Crippen LogP contribution in [0.4, 0.5) is 4.39 Å². The van der Waals surface area contributed by atoms with Gasteiger partial charge >= 0.3 is 0 Å². The predicted octanol–water partition coefficient (Wildman–Crippen LogP) is 3.88. The molecule has 0 spiro atoms. The normalized spacial score (nSPS) is 10.6. The maximum absolute atomic E-state index is 13.9. The van der Waals surface area contributed by atoms with E-state index in [9.17, 15) is 4.39 Å². The Morgan fingerprint density at radius 1 is 0.923 bits per heavy atom. The Morgan fingerprint density at radius 2 is 1.73 bits per heavy atom. The predicted molar refractivity (Wildman–Crippen MR) is 98.9 cm³/mol. The van der Waals surface area contributed by atoms with Gasteiger partial charge < -0.3 is 4.57 Å². The SMILES string of the molecule is Cc1nc(C#Cc2nc(-c3ccccc3)cn2C)nc2cccc(F)c12. The molecule has 2 heterocycles. The van der Waals surface area contributed by atoms with E-state index in [0.717, 1.165) is 11.3 Å². The third kappa shape index (κ3) is 2.93. The summed E-state index contributed by atoms with van der Waals surface area (Å²) in [6, 6.07) is 14.7. The summed E-state index contributed by atoms with van der Waals surface area (Å²) in [4.78, 5) is 13.2. The van der Waals surface area contributed by atoms with Crippen molar-refractivity contribution < 1.29 is 4.39 Å². The number of benzene rings is 2. The molecule has 26 heavy (non-hydrogen) atoms. The maximum Gasteiger partial charge on any atom is 0.206 e.